The molecule has 2 heterocycles. The van der Waals surface area contributed by atoms with Crippen LogP contribution >= 0.6 is 0 Å². The van der Waals surface area contributed by atoms with Gasteiger partial charge < -0.3 is 0 Å². The van der Waals surface area contributed by atoms with Gasteiger partial charge in [-0.3, -0.25) is 9.99 Å². The van der Waals surface area contributed by atoms with Crippen molar-refractivity contribution in [2.45, 2.75) is 17.9 Å². The third-order valence-electron chi connectivity index (χ3n) is 3.34. The third-order valence-corrected chi connectivity index (χ3v) is 4.72. The summed E-state index contributed by atoms with van der Waals surface area (Å²) in [5.41, 5.74) is 1.90. The van der Waals surface area contributed by atoms with E-state index in [0.717, 1.165) is 24.2 Å². The molecule has 1 N–H and O–H groups in total. The lowest BCUT2D eigenvalue weighted by atomic mass is 10.2. The van der Waals surface area contributed by atoms with Gasteiger partial charge in [-0.05, 0) is 29.8 Å². The Bertz CT molecular complexity index is 758. The number of nitrogens with zero attached hydrogens (tertiary/aromatic N) is 3. The quantitative estimate of drug-likeness (QED) is 0.912. The highest BCUT2D eigenvalue weighted by atomic mass is 32.2. The van der Waals surface area contributed by atoms with Crippen LogP contribution in [0.15, 0.2) is 58.8 Å². The van der Waals surface area contributed by atoms with E-state index in [2.05, 4.69) is 14.8 Å². The molecule has 0 bridgehead atoms. The zero-order valence-corrected chi connectivity index (χ0v) is 12.7. The topological polar surface area (TPSA) is 74.7 Å². The van der Waals surface area contributed by atoms with Crippen LogP contribution < -0.4 is 9.73 Å². The lowest BCUT2D eigenvalue weighted by Gasteiger charge is -2.14. The highest BCUT2D eigenvalue weighted by Gasteiger charge is 2.13. The maximum absolute atomic E-state index is 12.1. The van der Waals surface area contributed by atoms with Crippen molar-refractivity contribution in [3.05, 3.63) is 54.4 Å². The first kappa shape index (κ1) is 14.7. The first-order chi connectivity index (χ1) is 10.6. The molecule has 1 aliphatic heterocycles. The highest BCUT2D eigenvalue weighted by Crippen LogP contribution is 2.18. The fourth-order valence-corrected chi connectivity index (χ4v) is 3.12. The number of benzene rings is 1. The maximum Gasteiger partial charge on any atom is 0.242 e. The van der Waals surface area contributed by atoms with E-state index in [4.69, 9.17) is 0 Å². The molecule has 0 saturated carbocycles. The van der Waals surface area contributed by atoms with Crippen LogP contribution in [0.1, 0.15) is 12.0 Å². The Morgan fingerprint density at radius 1 is 1.18 bits per heavy atom. The molecule has 0 aliphatic carbocycles. The number of pyridine rings is 1. The molecule has 1 aliphatic rings. The van der Waals surface area contributed by atoms with Crippen molar-refractivity contribution in [3.8, 4) is 0 Å². The summed E-state index contributed by atoms with van der Waals surface area (Å²) in [5.74, 6) is 0. The standard InChI is InChI=1S/C15H16N4O2S/c20-22(21,15-3-1-8-16-12-15)18-11-13-4-6-14(7-5-13)19-10-2-9-17-19/h1,3-9,12,18H,2,10-11H2. The van der Waals surface area contributed by atoms with E-state index in [1.807, 2.05) is 35.5 Å². The molecule has 114 valence electrons. The van der Waals surface area contributed by atoms with Crippen molar-refractivity contribution < 1.29 is 8.42 Å². The lowest BCUT2D eigenvalue weighted by molar-refractivity contribution is 0.581. The Labute approximate surface area is 129 Å². The first-order valence-corrected chi connectivity index (χ1v) is 8.42. The van der Waals surface area contributed by atoms with Gasteiger partial charge in [0.15, 0.2) is 0 Å². The van der Waals surface area contributed by atoms with Crippen molar-refractivity contribution in [2.24, 2.45) is 5.10 Å². The molecule has 1 aromatic heterocycles. The third kappa shape index (κ3) is 3.32. The predicted octanol–water partition coefficient (Wildman–Crippen LogP) is 1.76. The highest BCUT2D eigenvalue weighted by molar-refractivity contribution is 7.89. The molecule has 0 saturated heterocycles. The van der Waals surface area contributed by atoms with E-state index >= 15 is 0 Å². The number of hydrogen-bond donors (Lipinski definition) is 1. The SMILES string of the molecule is O=S(=O)(NCc1ccc(N2CCC=N2)cc1)c1cccnc1. The van der Waals surface area contributed by atoms with E-state index in [-0.39, 0.29) is 11.4 Å². The van der Waals surface area contributed by atoms with Crippen molar-refractivity contribution in [1.82, 2.24) is 9.71 Å². The number of anilines is 1. The van der Waals surface area contributed by atoms with Gasteiger partial charge in [0.05, 0.1) is 5.69 Å². The smallest absolute Gasteiger partial charge is 0.242 e. The second-order valence-electron chi connectivity index (χ2n) is 4.89. The summed E-state index contributed by atoms with van der Waals surface area (Å²) >= 11 is 0. The summed E-state index contributed by atoms with van der Waals surface area (Å²) in [6.07, 6.45) is 5.71. The number of rotatable bonds is 5. The van der Waals surface area contributed by atoms with Crippen molar-refractivity contribution >= 4 is 21.9 Å². The van der Waals surface area contributed by atoms with Crippen molar-refractivity contribution in [1.29, 1.82) is 0 Å². The Morgan fingerprint density at radius 3 is 2.64 bits per heavy atom. The number of nitrogens with one attached hydrogen (secondary N) is 1. The molecule has 7 heteroatoms. The fourth-order valence-electron chi connectivity index (χ4n) is 2.14. The fraction of sp³-hybridized carbons (Fsp3) is 0.200. The van der Waals surface area contributed by atoms with Crippen LogP contribution in [0.5, 0.6) is 0 Å². The normalized spacial score (nSPS) is 14.5. The summed E-state index contributed by atoms with van der Waals surface area (Å²) in [6.45, 7) is 1.12. The van der Waals surface area contributed by atoms with Crippen molar-refractivity contribution in [3.63, 3.8) is 0 Å². The number of sulfonamides is 1. The van der Waals surface area contributed by atoms with Crippen molar-refractivity contribution in [2.75, 3.05) is 11.6 Å². The lowest BCUT2D eigenvalue weighted by Crippen LogP contribution is -2.23. The van der Waals surface area contributed by atoms with Crippen LogP contribution in [0.2, 0.25) is 0 Å². The molecule has 0 fully saturated rings. The van der Waals surface area contributed by atoms with Gasteiger partial charge in [-0.1, -0.05) is 12.1 Å². The molecule has 0 unspecified atom stereocenters. The number of hydrogen-bond acceptors (Lipinski definition) is 5. The first-order valence-electron chi connectivity index (χ1n) is 6.94. The molecule has 0 amide bonds. The molecule has 1 aromatic carbocycles. The van der Waals surface area contributed by atoms with Crippen LogP contribution in [0.4, 0.5) is 5.69 Å². The molecule has 6 nitrogen and oxygen atoms in total. The van der Waals surface area contributed by atoms with E-state index in [1.165, 1.54) is 12.3 Å². The second kappa shape index (κ2) is 6.25. The Balaban J connectivity index is 1.65. The van der Waals surface area contributed by atoms with Gasteiger partial charge in [0.2, 0.25) is 10.0 Å². The summed E-state index contributed by atoms with van der Waals surface area (Å²) in [5, 5.41) is 6.17. The van der Waals surface area contributed by atoms with Crippen LogP contribution in [0.3, 0.4) is 0 Å². The van der Waals surface area contributed by atoms with Gasteiger partial charge in [0.25, 0.3) is 0 Å². The molecule has 0 spiro atoms. The molecule has 2 aromatic rings. The maximum atomic E-state index is 12.1. The van der Waals surface area contributed by atoms with Gasteiger partial charge in [-0.2, -0.15) is 5.10 Å². The van der Waals surface area contributed by atoms with E-state index in [0.29, 0.717) is 0 Å². The summed E-state index contributed by atoms with van der Waals surface area (Å²) in [7, 11) is -3.53. The Morgan fingerprint density at radius 2 is 2.00 bits per heavy atom. The van der Waals surface area contributed by atoms with Gasteiger partial charge >= 0.3 is 0 Å². The average Bonchev–Trinajstić information content (AvgIpc) is 3.09. The molecule has 3 rings (SSSR count). The van der Waals surface area contributed by atoms with Crippen LogP contribution in [-0.2, 0) is 16.6 Å². The average molecular weight is 316 g/mol. The summed E-state index contributed by atoms with van der Waals surface area (Å²) < 4.78 is 26.8. The number of aromatic nitrogens is 1. The second-order valence-corrected chi connectivity index (χ2v) is 6.66. The molecule has 0 atom stereocenters. The van der Waals surface area contributed by atoms with E-state index in [9.17, 15) is 8.42 Å². The van der Waals surface area contributed by atoms with Crippen LogP contribution in [0.25, 0.3) is 0 Å². The van der Waals surface area contributed by atoms with Gasteiger partial charge in [-0.25, -0.2) is 13.1 Å². The number of hydrazone groups is 1. The zero-order chi connectivity index (χ0) is 15.4. The van der Waals surface area contributed by atoms with Crippen LogP contribution in [0, 0.1) is 0 Å². The Kier molecular flexibility index (Phi) is 4.17. The minimum absolute atomic E-state index is 0.165. The van der Waals surface area contributed by atoms with E-state index in [1.54, 1.807) is 12.3 Å². The monoisotopic (exact) mass is 316 g/mol. The van der Waals surface area contributed by atoms with Gasteiger partial charge in [0.1, 0.15) is 4.90 Å². The predicted molar refractivity (Wildman–Crippen MR) is 85.2 cm³/mol. The minimum Gasteiger partial charge on any atom is -0.266 e. The molecule has 22 heavy (non-hydrogen) atoms. The molecular formula is C15H16N4O2S. The van der Waals surface area contributed by atoms with Crippen LogP contribution in [-0.4, -0.2) is 26.2 Å². The zero-order valence-electron chi connectivity index (χ0n) is 11.9. The Hall–Kier alpha value is -2.25. The van der Waals surface area contributed by atoms with Gasteiger partial charge in [0, 0.05) is 38.1 Å². The molecular weight excluding hydrogens is 300 g/mol. The largest absolute Gasteiger partial charge is 0.266 e. The minimum atomic E-state index is -3.53. The summed E-state index contributed by atoms with van der Waals surface area (Å²) in [6, 6.07) is 10.8. The van der Waals surface area contributed by atoms with Gasteiger partial charge in [-0.15, -0.1) is 0 Å². The van der Waals surface area contributed by atoms with E-state index < -0.39 is 10.0 Å². The molecule has 0 radical (unpaired) electrons. The summed E-state index contributed by atoms with van der Waals surface area (Å²) in [4.78, 5) is 3.99.